The summed E-state index contributed by atoms with van der Waals surface area (Å²) < 4.78 is 4.67. The Morgan fingerprint density at radius 1 is 1.46 bits per heavy atom. The molecule has 4 heteroatoms. The molecule has 0 spiro atoms. The van der Waals surface area contributed by atoms with Crippen molar-refractivity contribution in [2.45, 2.75) is 0 Å². The van der Waals surface area contributed by atoms with E-state index in [1.54, 1.807) is 4.90 Å². The van der Waals surface area contributed by atoms with Crippen LogP contribution in [0.25, 0.3) is 0 Å². The zero-order chi connectivity index (χ0) is 9.68. The Kier molecular flexibility index (Phi) is 2.83. The van der Waals surface area contributed by atoms with Crippen molar-refractivity contribution in [3.63, 3.8) is 0 Å². The predicted molar refractivity (Wildman–Crippen MR) is 50.8 cm³/mol. The van der Waals surface area contributed by atoms with Crippen LogP contribution in [-0.4, -0.2) is 18.2 Å². The van der Waals surface area contributed by atoms with Gasteiger partial charge in [0.1, 0.15) is 12.0 Å². The van der Waals surface area contributed by atoms with Gasteiger partial charge in [0.05, 0.1) is 13.1 Å². The lowest BCUT2D eigenvalue weighted by molar-refractivity contribution is 0.420. The SMILES string of the molecule is C#CCN(CC#C)c1nocc1N. The maximum atomic E-state index is 5.57. The van der Waals surface area contributed by atoms with E-state index in [2.05, 4.69) is 21.5 Å². The molecule has 66 valence electrons. The summed E-state index contributed by atoms with van der Waals surface area (Å²) >= 11 is 0. The second-order valence-electron chi connectivity index (χ2n) is 2.36. The molecule has 1 heterocycles. The Labute approximate surface area is 76.7 Å². The largest absolute Gasteiger partial charge is 0.393 e. The van der Waals surface area contributed by atoms with E-state index < -0.39 is 0 Å². The smallest absolute Gasteiger partial charge is 0.196 e. The van der Waals surface area contributed by atoms with Crippen LogP contribution in [0.2, 0.25) is 0 Å². The van der Waals surface area contributed by atoms with Crippen molar-refractivity contribution in [1.29, 1.82) is 0 Å². The van der Waals surface area contributed by atoms with Crippen molar-refractivity contribution < 1.29 is 4.52 Å². The first kappa shape index (κ1) is 9.02. The molecule has 0 aromatic carbocycles. The molecule has 0 aliphatic carbocycles. The van der Waals surface area contributed by atoms with Crippen LogP contribution in [-0.2, 0) is 0 Å². The van der Waals surface area contributed by atoms with Crippen LogP contribution < -0.4 is 10.6 Å². The molecule has 0 saturated heterocycles. The number of nitrogens with zero attached hydrogens (tertiary/aromatic N) is 2. The summed E-state index contributed by atoms with van der Waals surface area (Å²) in [5, 5.41) is 3.69. The minimum atomic E-state index is 0.362. The average molecular weight is 175 g/mol. The van der Waals surface area contributed by atoms with E-state index in [1.165, 1.54) is 6.26 Å². The molecule has 1 rings (SSSR count). The molecule has 0 saturated carbocycles. The molecule has 0 aliphatic rings. The van der Waals surface area contributed by atoms with E-state index >= 15 is 0 Å². The average Bonchev–Trinajstić information content (AvgIpc) is 2.51. The molecule has 0 unspecified atom stereocenters. The molecule has 0 atom stereocenters. The van der Waals surface area contributed by atoms with Crippen molar-refractivity contribution in [1.82, 2.24) is 5.16 Å². The third kappa shape index (κ3) is 1.94. The van der Waals surface area contributed by atoms with Crippen LogP contribution >= 0.6 is 0 Å². The molecule has 0 amide bonds. The van der Waals surface area contributed by atoms with Gasteiger partial charge >= 0.3 is 0 Å². The van der Waals surface area contributed by atoms with Gasteiger partial charge in [-0.05, 0) is 0 Å². The van der Waals surface area contributed by atoms with Gasteiger partial charge in [-0.25, -0.2) is 0 Å². The Bertz CT molecular complexity index is 340. The summed E-state index contributed by atoms with van der Waals surface area (Å²) in [6.45, 7) is 0.724. The lowest BCUT2D eigenvalue weighted by Crippen LogP contribution is -2.24. The van der Waals surface area contributed by atoms with Gasteiger partial charge < -0.3 is 15.2 Å². The minimum Gasteiger partial charge on any atom is -0.393 e. The second-order valence-corrected chi connectivity index (χ2v) is 2.36. The maximum absolute atomic E-state index is 5.57. The molecule has 1 aromatic heterocycles. The van der Waals surface area contributed by atoms with Gasteiger partial charge in [0, 0.05) is 0 Å². The van der Waals surface area contributed by atoms with Crippen LogP contribution in [0, 0.1) is 24.7 Å². The number of terminal acetylenes is 2. The van der Waals surface area contributed by atoms with Gasteiger partial charge in [0.2, 0.25) is 0 Å². The van der Waals surface area contributed by atoms with Gasteiger partial charge in [0.15, 0.2) is 5.82 Å². The number of anilines is 2. The molecular formula is C9H9N3O. The minimum absolute atomic E-state index is 0.362. The highest BCUT2D eigenvalue weighted by Crippen LogP contribution is 2.19. The van der Waals surface area contributed by atoms with Crippen molar-refractivity contribution in [3.05, 3.63) is 6.26 Å². The Morgan fingerprint density at radius 3 is 2.46 bits per heavy atom. The van der Waals surface area contributed by atoms with Crippen LogP contribution in [0.15, 0.2) is 10.8 Å². The molecule has 1 aromatic rings. The van der Waals surface area contributed by atoms with Crippen molar-refractivity contribution in [2.75, 3.05) is 23.7 Å². The van der Waals surface area contributed by atoms with Gasteiger partial charge in [-0.1, -0.05) is 17.0 Å². The number of hydrogen-bond donors (Lipinski definition) is 1. The van der Waals surface area contributed by atoms with Crippen LogP contribution in [0.4, 0.5) is 11.5 Å². The number of aromatic nitrogens is 1. The second kappa shape index (κ2) is 4.08. The Balaban J connectivity index is 2.84. The fourth-order valence-corrected chi connectivity index (χ4v) is 0.905. The van der Waals surface area contributed by atoms with E-state index in [0.29, 0.717) is 24.6 Å². The van der Waals surface area contributed by atoms with E-state index in [0.717, 1.165) is 0 Å². The first-order chi connectivity index (χ1) is 6.29. The highest BCUT2D eigenvalue weighted by Gasteiger charge is 2.11. The van der Waals surface area contributed by atoms with Crippen molar-refractivity contribution >= 4 is 11.5 Å². The molecule has 13 heavy (non-hydrogen) atoms. The first-order valence-electron chi connectivity index (χ1n) is 3.61. The zero-order valence-corrected chi connectivity index (χ0v) is 7.03. The summed E-state index contributed by atoms with van der Waals surface area (Å²) in [5.74, 6) is 5.42. The summed E-state index contributed by atoms with van der Waals surface area (Å²) in [6, 6.07) is 0. The quantitative estimate of drug-likeness (QED) is 0.672. The topological polar surface area (TPSA) is 55.3 Å². The monoisotopic (exact) mass is 175 g/mol. The molecular weight excluding hydrogens is 166 g/mol. The fourth-order valence-electron chi connectivity index (χ4n) is 0.905. The first-order valence-corrected chi connectivity index (χ1v) is 3.61. The van der Waals surface area contributed by atoms with Crippen molar-refractivity contribution in [3.8, 4) is 24.7 Å². The highest BCUT2D eigenvalue weighted by molar-refractivity contribution is 5.61. The molecule has 0 fully saturated rings. The summed E-state index contributed by atoms with van der Waals surface area (Å²) in [4.78, 5) is 1.68. The number of nitrogen functional groups attached to an aromatic ring is 1. The Hall–Kier alpha value is -2.07. The standard InChI is InChI=1S/C9H9N3O/c1-3-5-12(6-4-2)9-8(10)7-13-11-9/h1-2,7H,5-6,10H2. The third-order valence-electron chi connectivity index (χ3n) is 1.44. The third-order valence-corrected chi connectivity index (χ3v) is 1.44. The van der Waals surface area contributed by atoms with E-state index in [4.69, 9.17) is 18.6 Å². The Morgan fingerprint density at radius 2 is 2.08 bits per heavy atom. The lowest BCUT2D eigenvalue weighted by atomic mass is 10.4. The molecule has 0 radical (unpaired) electrons. The fraction of sp³-hybridized carbons (Fsp3) is 0.222. The normalized spacial score (nSPS) is 8.77. The van der Waals surface area contributed by atoms with Gasteiger partial charge in [-0.15, -0.1) is 12.8 Å². The van der Waals surface area contributed by atoms with E-state index in [1.807, 2.05) is 0 Å². The maximum Gasteiger partial charge on any atom is 0.196 e. The lowest BCUT2D eigenvalue weighted by Gasteiger charge is -2.15. The van der Waals surface area contributed by atoms with Crippen LogP contribution in [0.3, 0.4) is 0 Å². The van der Waals surface area contributed by atoms with E-state index in [9.17, 15) is 0 Å². The van der Waals surface area contributed by atoms with Gasteiger partial charge in [-0.3, -0.25) is 0 Å². The molecule has 0 bridgehead atoms. The van der Waals surface area contributed by atoms with Crippen LogP contribution in [0.1, 0.15) is 0 Å². The van der Waals surface area contributed by atoms with Crippen molar-refractivity contribution in [2.24, 2.45) is 0 Å². The summed E-state index contributed by atoms with van der Waals surface area (Å²) in [5.41, 5.74) is 6.00. The molecule has 4 nitrogen and oxygen atoms in total. The number of nitrogens with two attached hydrogens (primary N) is 1. The highest BCUT2D eigenvalue weighted by atomic mass is 16.5. The van der Waals surface area contributed by atoms with Crippen LogP contribution in [0.5, 0.6) is 0 Å². The zero-order valence-electron chi connectivity index (χ0n) is 7.03. The number of hydrogen-bond acceptors (Lipinski definition) is 4. The predicted octanol–water partition coefficient (Wildman–Crippen LogP) is 0.330. The van der Waals surface area contributed by atoms with Gasteiger partial charge in [-0.2, -0.15) is 0 Å². The number of rotatable bonds is 3. The summed E-state index contributed by atoms with van der Waals surface area (Å²) in [7, 11) is 0. The van der Waals surface area contributed by atoms with E-state index in [-0.39, 0.29) is 0 Å². The van der Waals surface area contributed by atoms with Gasteiger partial charge in [0.25, 0.3) is 0 Å². The molecule has 0 aliphatic heterocycles. The molecule has 2 N–H and O–H groups in total. The summed E-state index contributed by atoms with van der Waals surface area (Å²) in [6.07, 6.45) is 11.7.